The van der Waals surface area contributed by atoms with Crippen LogP contribution in [0, 0.1) is 12.7 Å². The van der Waals surface area contributed by atoms with Crippen molar-refractivity contribution in [2.45, 2.75) is 13.3 Å². The van der Waals surface area contributed by atoms with Crippen LogP contribution in [0.2, 0.25) is 0 Å². The third-order valence-corrected chi connectivity index (χ3v) is 3.56. The van der Waals surface area contributed by atoms with Crippen LogP contribution in [0.15, 0.2) is 40.9 Å². The number of hydrogen-bond acceptors (Lipinski definition) is 2. The average Bonchev–Trinajstić information content (AvgIpc) is 2.37. The number of carbonyl (C=O) groups is 1. The molecule has 0 spiro atoms. The highest BCUT2D eigenvalue weighted by atomic mass is 79.9. The van der Waals surface area contributed by atoms with Gasteiger partial charge in [0.05, 0.1) is 11.6 Å². The Morgan fingerprint density at radius 1 is 1.25 bits per heavy atom. The quantitative estimate of drug-likeness (QED) is 0.776. The number of Topliss-reactive ketones (excluding diaryl/α,β-unsaturated/α-hetero) is 1. The topological polar surface area (TPSA) is 26.3 Å². The van der Waals surface area contributed by atoms with E-state index in [9.17, 15) is 9.18 Å². The Labute approximate surface area is 125 Å². The van der Waals surface area contributed by atoms with Gasteiger partial charge in [0.1, 0.15) is 11.6 Å². The zero-order valence-corrected chi connectivity index (χ0v) is 12.8. The van der Waals surface area contributed by atoms with Crippen molar-refractivity contribution in [3.05, 3.63) is 63.4 Å². The molecule has 2 rings (SSSR count). The fraction of sp³-hybridized carbons (Fsp3) is 0.188. The van der Waals surface area contributed by atoms with Gasteiger partial charge < -0.3 is 4.74 Å². The van der Waals surface area contributed by atoms with Crippen molar-refractivity contribution in [1.82, 2.24) is 0 Å². The maximum Gasteiger partial charge on any atom is 0.167 e. The minimum Gasteiger partial charge on any atom is -0.496 e. The van der Waals surface area contributed by atoms with Crippen molar-refractivity contribution in [1.29, 1.82) is 0 Å². The van der Waals surface area contributed by atoms with Crippen molar-refractivity contribution < 1.29 is 13.9 Å². The van der Waals surface area contributed by atoms with Gasteiger partial charge >= 0.3 is 0 Å². The first-order valence-electron chi connectivity index (χ1n) is 6.12. The van der Waals surface area contributed by atoms with Crippen LogP contribution >= 0.6 is 15.9 Å². The van der Waals surface area contributed by atoms with Crippen LogP contribution in [0.4, 0.5) is 4.39 Å². The summed E-state index contributed by atoms with van der Waals surface area (Å²) in [7, 11) is 1.58. The molecular weight excluding hydrogens is 323 g/mol. The van der Waals surface area contributed by atoms with Gasteiger partial charge in [0.25, 0.3) is 0 Å². The van der Waals surface area contributed by atoms with Crippen molar-refractivity contribution in [2.75, 3.05) is 7.11 Å². The fourth-order valence-electron chi connectivity index (χ4n) is 2.00. The minimum absolute atomic E-state index is 0.107. The SMILES string of the molecule is COc1ccc(CC(=O)c2cc(C)cc(F)c2)cc1Br. The monoisotopic (exact) mass is 336 g/mol. The summed E-state index contributed by atoms with van der Waals surface area (Å²) in [4.78, 5) is 12.2. The van der Waals surface area contributed by atoms with Crippen LogP contribution in [0.5, 0.6) is 5.75 Å². The molecular formula is C16H14BrFO2. The molecule has 0 heterocycles. The standard InChI is InChI=1S/C16H14BrFO2/c1-10-5-12(9-13(18)6-10)15(19)8-11-3-4-16(20-2)14(17)7-11/h3-7,9H,8H2,1-2H3. The molecule has 0 aliphatic rings. The minimum atomic E-state index is -0.385. The molecule has 0 aliphatic carbocycles. The third-order valence-electron chi connectivity index (χ3n) is 2.94. The second-order valence-corrected chi connectivity index (χ2v) is 5.44. The molecule has 0 aromatic heterocycles. The van der Waals surface area contributed by atoms with Crippen LogP contribution in [0.1, 0.15) is 21.5 Å². The van der Waals surface area contributed by atoms with E-state index in [1.165, 1.54) is 12.1 Å². The molecule has 0 saturated heterocycles. The molecule has 4 heteroatoms. The maximum absolute atomic E-state index is 13.3. The largest absolute Gasteiger partial charge is 0.496 e. The predicted octanol–water partition coefficient (Wildman–Crippen LogP) is 4.33. The maximum atomic E-state index is 13.3. The Balaban J connectivity index is 2.21. The van der Waals surface area contributed by atoms with Crippen LogP contribution < -0.4 is 4.74 Å². The summed E-state index contributed by atoms with van der Waals surface area (Å²) in [5.41, 5.74) is 1.99. The highest BCUT2D eigenvalue weighted by molar-refractivity contribution is 9.10. The van der Waals surface area contributed by atoms with Crippen molar-refractivity contribution in [3.8, 4) is 5.75 Å². The van der Waals surface area contributed by atoms with Crippen LogP contribution in [0.3, 0.4) is 0 Å². The Morgan fingerprint density at radius 2 is 2.00 bits per heavy atom. The van der Waals surface area contributed by atoms with Gasteiger partial charge in [-0.2, -0.15) is 0 Å². The van der Waals surface area contributed by atoms with E-state index in [-0.39, 0.29) is 18.0 Å². The lowest BCUT2D eigenvalue weighted by Gasteiger charge is -2.07. The van der Waals surface area contributed by atoms with Crippen LogP contribution in [0.25, 0.3) is 0 Å². The number of ketones is 1. The number of rotatable bonds is 4. The van der Waals surface area contributed by atoms with Gasteiger partial charge in [-0.25, -0.2) is 4.39 Å². The first-order chi connectivity index (χ1) is 9.49. The molecule has 2 nitrogen and oxygen atoms in total. The molecule has 2 aromatic carbocycles. The van der Waals surface area contributed by atoms with E-state index in [4.69, 9.17) is 4.74 Å². The Kier molecular flexibility index (Phi) is 4.55. The third kappa shape index (κ3) is 3.45. The van der Waals surface area contributed by atoms with E-state index < -0.39 is 0 Å². The highest BCUT2D eigenvalue weighted by Gasteiger charge is 2.10. The second kappa shape index (κ2) is 6.18. The van der Waals surface area contributed by atoms with Gasteiger partial charge in [-0.05, 0) is 64.3 Å². The smallest absolute Gasteiger partial charge is 0.167 e. The summed E-state index contributed by atoms with van der Waals surface area (Å²) in [6.07, 6.45) is 0.228. The van der Waals surface area contributed by atoms with E-state index in [0.717, 1.165) is 15.6 Å². The van der Waals surface area contributed by atoms with Crippen molar-refractivity contribution in [3.63, 3.8) is 0 Å². The summed E-state index contributed by atoms with van der Waals surface area (Å²) in [6, 6.07) is 9.83. The molecule has 0 atom stereocenters. The molecule has 20 heavy (non-hydrogen) atoms. The van der Waals surface area contributed by atoms with Gasteiger partial charge in [0, 0.05) is 12.0 Å². The highest BCUT2D eigenvalue weighted by Crippen LogP contribution is 2.26. The normalized spacial score (nSPS) is 10.4. The van der Waals surface area contributed by atoms with Crippen molar-refractivity contribution >= 4 is 21.7 Å². The molecule has 0 fully saturated rings. The van der Waals surface area contributed by atoms with E-state index in [1.807, 2.05) is 12.1 Å². The number of carbonyl (C=O) groups excluding carboxylic acids is 1. The lowest BCUT2D eigenvalue weighted by Crippen LogP contribution is -2.04. The zero-order chi connectivity index (χ0) is 14.7. The molecule has 0 bridgehead atoms. The number of halogens is 2. The van der Waals surface area contributed by atoms with Crippen LogP contribution in [-0.2, 0) is 6.42 Å². The molecule has 0 aliphatic heterocycles. The van der Waals surface area contributed by atoms with Gasteiger partial charge in [-0.1, -0.05) is 6.07 Å². The molecule has 2 aromatic rings. The zero-order valence-electron chi connectivity index (χ0n) is 11.2. The molecule has 0 N–H and O–H groups in total. The Bertz CT molecular complexity index is 633. The molecule has 0 saturated carbocycles. The van der Waals surface area contributed by atoms with E-state index >= 15 is 0 Å². The van der Waals surface area contributed by atoms with Crippen molar-refractivity contribution in [2.24, 2.45) is 0 Å². The summed E-state index contributed by atoms with van der Waals surface area (Å²) >= 11 is 3.38. The fourth-order valence-corrected chi connectivity index (χ4v) is 2.59. The predicted molar refractivity (Wildman–Crippen MR) is 79.9 cm³/mol. The molecule has 0 amide bonds. The van der Waals surface area contributed by atoms with Gasteiger partial charge in [-0.15, -0.1) is 0 Å². The van der Waals surface area contributed by atoms with Gasteiger partial charge in [0.2, 0.25) is 0 Å². The number of methoxy groups -OCH3 is 1. The Hall–Kier alpha value is -1.68. The number of benzene rings is 2. The summed E-state index contributed by atoms with van der Waals surface area (Å²) in [5.74, 6) is 0.219. The number of ether oxygens (including phenoxy) is 1. The summed E-state index contributed by atoms with van der Waals surface area (Å²) < 4.78 is 19.2. The van der Waals surface area contributed by atoms with Gasteiger partial charge in [-0.3, -0.25) is 4.79 Å². The number of hydrogen-bond donors (Lipinski definition) is 0. The summed E-state index contributed by atoms with van der Waals surface area (Å²) in [5, 5.41) is 0. The molecule has 0 unspecified atom stereocenters. The second-order valence-electron chi connectivity index (χ2n) is 4.59. The van der Waals surface area contributed by atoms with E-state index in [0.29, 0.717) is 11.3 Å². The lowest BCUT2D eigenvalue weighted by molar-refractivity contribution is 0.0992. The molecule has 104 valence electrons. The average molecular weight is 337 g/mol. The van der Waals surface area contributed by atoms with E-state index in [1.54, 1.807) is 26.2 Å². The Morgan fingerprint density at radius 3 is 2.60 bits per heavy atom. The summed E-state index contributed by atoms with van der Waals surface area (Å²) in [6.45, 7) is 1.77. The number of aryl methyl sites for hydroxylation is 1. The molecule has 0 radical (unpaired) electrons. The first kappa shape index (κ1) is 14.7. The van der Waals surface area contributed by atoms with Crippen LogP contribution in [-0.4, -0.2) is 12.9 Å². The van der Waals surface area contributed by atoms with Gasteiger partial charge in [0.15, 0.2) is 5.78 Å². The lowest BCUT2D eigenvalue weighted by atomic mass is 10.0. The van der Waals surface area contributed by atoms with E-state index in [2.05, 4.69) is 15.9 Å². The first-order valence-corrected chi connectivity index (χ1v) is 6.91.